The molecule has 0 spiro atoms. The predicted octanol–water partition coefficient (Wildman–Crippen LogP) is -0.0297. The van der Waals surface area contributed by atoms with Crippen molar-refractivity contribution in [1.82, 2.24) is 0 Å². The molecule has 4 heteroatoms. The van der Waals surface area contributed by atoms with Gasteiger partial charge in [-0.25, -0.2) is 4.21 Å². The third-order valence-corrected chi connectivity index (χ3v) is 0.479. The minimum Gasteiger partial charge on any atom is -0.302 e. The maximum Gasteiger partial charge on any atom is 0.188 e. The lowest BCUT2D eigenvalue weighted by atomic mass is 11.2. The molecule has 0 aliphatic rings. The SMILES string of the molecule is N=C=CS(=O)O. The molecule has 0 saturated heterocycles. The van der Waals surface area contributed by atoms with Gasteiger partial charge in [0.1, 0.15) is 0 Å². The van der Waals surface area contributed by atoms with Crippen LogP contribution in [0.4, 0.5) is 0 Å². The van der Waals surface area contributed by atoms with Gasteiger partial charge in [0.15, 0.2) is 11.1 Å². The molecular formula is C2H3NO2S. The van der Waals surface area contributed by atoms with E-state index in [1.807, 2.05) is 0 Å². The molecule has 0 aromatic carbocycles. The number of hydrogen-bond acceptors (Lipinski definition) is 2. The normalized spacial score (nSPS) is 12.2. The van der Waals surface area contributed by atoms with E-state index in [0.29, 0.717) is 0 Å². The highest BCUT2D eigenvalue weighted by molar-refractivity contribution is 7.82. The van der Waals surface area contributed by atoms with Crippen molar-refractivity contribution in [3.8, 4) is 0 Å². The van der Waals surface area contributed by atoms with Crippen LogP contribution < -0.4 is 0 Å². The Balaban J connectivity index is 3.60. The Kier molecular flexibility index (Phi) is 2.58. The van der Waals surface area contributed by atoms with Crippen LogP contribution in [0, 0.1) is 5.41 Å². The molecule has 0 amide bonds. The van der Waals surface area contributed by atoms with Gasteiger partial charge in [-0.2, -0.15) is 0 Å². The highest BCUT2D eigenvalue weighted by Gasteiger charge is 1.72. The first-order valence-corrected chi connectivity index (χ1v) is 2.29. The molecular weight excluding hydrogens is 102 g/mol. The third kappa shape index (κ3) is 3.56. The maximum absolute atomic E-state index is 9.47. The Morgan fingerprint density at radius 2 is 2.50 bits per heavy atom. The lowest BCUT2D eigenvalue weighted by Gasteiger charge is -1.65. The Bertz CT molecular complexity index is 104. The van der Waals surface area contributed by atoms with Gasteiger partial charge in [-0.1, -0.05) is 0 Å². The zero-order valence-electron chi connectivity index (χ0n) is 2.84. The summed E-state index contributed by atoms with van der Waals surface area (Å²) in [5, 5.41) is 6.81. The van der Waals surface area contributed by atoms with Gasteiger partial charge in [0.2, 0.25) is 0 Å². The average molecular weight is 105 g/mol. The van der Waals surface area contributed by atoms with Crippen molar-refractivity contribution in [3.05, 3.63) is 5.41 Å². The maximum atomic E-state index is 9.47. The molecule has 1 unspecified atom stereocenters. The molecule has 0 radical (unpaired) electrons. The average Bonchev–Trinajstić information content (AvgIpc) is 1.35. The van der Waals surface area contributed by atoms with E-state index >= 15 is 0 Å². The Labute approximate surface area is 37.5 Å². The van der Waals surface area contributed by atoms with E-state index in [0.717, 1.165) is 5.41 Å². The molecule has 2 N–H and O–H groups in total. The number of nitrogens with one attached hydrogen (secondary N) is 1. The fourth-order valence-electron chi connectivity index (χ4n) is 0.0504. The van der Waals surface area contributed by atoms with E-state index in [-0.39, 0.29) is 0 Å². The molecule has 0 fully saturated rings. The molecule has 34 valence electrons. The molecule has 0 rings (SSSR count). The monoisotopic (exact) mass is 105 g/mol. The second kappa shape index (κ2) is 2.78. The van der Waals surface area contributed by atoms with Gasteiger partial charge in [0, 0.05) is 0 Å². The Morgan fingerprint density at radius 1 is 2.00 bits per heavy atom. The minimum absolute atomic E-state index is 0.736. The molecule has 6 heavy (non-hydrogen) atoms. The molecule has 3 nitrogen and oxygen atoms in total. The van der Waals surface area contributed by atoms with Gasteiger partial charge in [-0.15, -0.1) is 0 Å². The van der Waals surface area contributed by atoms with Crippen molar-refractivity contribution < 1.29 is 8.76 Å². The first-order chi connectivity index (χ1) is 2.77. The van der Waals surface area contributed by atoms with Crippen LogP contribution in [-0.4, -0.2) is 14.6 Å². The first kappa shape index (κ1) is 5.56. The topological polar surface area (TPSA) is 61.2 Å². The van der Waals surface area contributed by atoms with Crippen molar-refractivity contribution in [1.29, 1.82) is 5.41 Å². The van der Waals surface area contributed by atoms with E-state index in [1.54, 1.807) is 5.87 Å². The van der Waals surface area contributed by atoms with Crippen LogP contribution in [0.3, 0.4) is 0 Å². The molecule has 0 aromatic heterocycles. The summed E-state index contributed by atoms with van der Waals surface area (Å²) >= 11 is -1.99. The molecule has 0 saturated carbocycles. The Hall–Kier alpha value is -0.440. The summed E-state index contributed by atoms with van der Waals surface area (Å²) in [6.07, 6.45) is 0. The van der Waals surface area contributed by atoms with E-state index in [1.165, 1.54) is 0 Å². The van der Waals surface area contributed by atoms with Gasteiger partial charge in [-0.05, 0) is 5.87 Å². The number of hydrogen-bond donors (Lipinski definition) is 2. The van der Waals surface area contributed by atoms with E-state index in [4.69, 9.17) is 9.96 Å². The minimum atomic E-state index is -1.99. The van der Waals surface area contributed by atoms with E-state index in [9.17, 15) is 4.21 Å². The first-order valence-electron chi connectivity index (χ1n) is 1.12. The second-order valence-electron chi connectivity index (χ2n) is 0.538. The number of rotatable bonds is 1. The molecule has 0 heterocycles. The third-order valence-electron chi connectivity index (χ3n) is 0.160. The summed E-state index contributed by atoms with van der Waals surface area (Å²) in [5.74, 6) is 1.64. The Morgan fingerprint density at radius 3 is 2.50 bits per heavy atom. The highest BCUT2D eigenvalue weighted by Crippen LogP contribution is 1.63. The summed E-state index contributed by atoms with van der Waals surface area (Å²) in [7, 11) is 0. The van der Waals surface area contributed by atoms with Crippen molar-refractivity contribution in [2.24, 2.45) is 0 Å². The predicted molar refractivity (Wildman–Crippen MR) is 23.1 cm³/mol. The molecule has 0 aromatic rings. The van der Waals surface area contributed by atoms with Gasteiger partial charge < -0.3 is 4.55 Å². The lowest BCUT2D eigenvalue weighted by Crippen LogP contribution is -1.73. The van der Waals surface area contributed by atoms with Crippen LogP contribution in [-0.2, 0) is 11.1 Å². The van der Waals surface area contributed by atoms with Crippen LogP contribution in [0.15, 0.2) is 5.41 Å². The summed E-state index contributed by atoms with van der Waals surface area (Å²) in [6, 6.07) is 0. The largest absolute Gasteiger partial charge is 0.302 e. The lowest BCUT2D eigenvalue weighted by molar-refractivity contribution is 0.574. The van der Waals surface area contributed by atoms with Crippen LogP contribution in [0.1, 0.15) is 0 Å². The van der Waals surface area contributed by atoms with Crippen molar-refractivity contribution in [2.45, 2.75) is 0 Å². The summed E-state index contributed by atoms with van der Waals surface area (Å²) in [4.78, 5) is 0. The molecule has 1 atom stereocenters. The van der Waals surface area contributed by atoms with Gasteiger partial charge in [0.25, 0.3) is 0 Å². The van der Waals surface area contributed by atoms with E-state index in [2.05, 4.69) is 0 Å². The van der Waals surface area contributed by atoms with Crippen molar-refractivity contribution in [3.63, 3.8) is 0 Å². The van der Waals surface area contributed by atoms with Crippen molar-refractivity contribution in [2.75, 3.05) is 0 Å². The fraction of sp³-hybridized carbons (Fsp3) is 0. The molecule has 0 aliphatic carbocycles. The van der Waals surface area contributed by atoms with Crippen molar-refractivity contribution >= 4 is 17.0 Å². The van der Waals surface area contributed by atoms with Crippen LogP contribution in [0.25, 0.3) is 0 Å². The quantitative estimate of drug-likeness (QED) is 0.363. The second-order valence-corrected chi connectivity index (χ2v) is 1.33. The summed E-state index contributed by atoms with van der Waals surface area (Å²) < 4.78 is 17.3. The molecule has 0 bridgehead atoms. The standard InChI is InChI=1S/C2H3NO2S/c3-1-2-6(4)5/h2-3H,(H,4,5). The van der Waals surface area contributed by atoms with Gasteiger partial charge >= 0.3 is 0 Å². The van der Waals surface area contributed by atoms with Gasteiger partial charge in [-0.3, -0.25) is 5.41 Å². The molecule has 0 aliphatic heterocycles. The van der Waals surface area contributed by atoms with Crippen LogP contribution >= 0.6 is 0 Å². The summed E-state index contributed by atoms with van der Waals surface area (Å²) in [6.45, 7) is 0. The zero-order valence-corrected chi connectivity index (χ0v) is 3.66. The van der Waals surface area contributed by atoms with Crippen LogP contribution in [0.5, 0.6) is 0 Å². The van der Waals surface area contributed by atoms with Crippen LogP contribution in [0.2, 0.25) is 0 Å². The zero-order chi connectivity index (χ0) is 4.99. The summed E-state index contributed by atoms with van der Waals surface area (Å²) in [5.41, 5.74) is 0. The smallest absolute Gasteiger partial charge is 0.188 e. The van der Waals surface area contributed by atoms with E-state index < -0.39 is 11.1 Å². The highest BCUT2D eigenvalue weighted by atomic mass is 32.2. The van der Waals surface area contributed by atoms with Gasteiger partial charge in [0.05, 0.1) is 5.41 Å². The fourth-order valence-corrected chi connectivity index (χ4v) is 0.151.